The van der Waals surface area contributed by atoms with E-state index in [1.54, 1.807) is 10.7 Å². The first kappa shape index (κ1) is 21.3. The number of piperidine rings is 1. The third-order valence-corrected chi connectivity index (χ3v) is 5.79. The molecule has 7 heteroatoms. The predicted octanol–water partition coefficient (Wildman–Crippen LogP) is 4.13. The molecule has 1 saturated heterocycles. The molecule has 0 N–H and O–H groups in total. The minimum atomic E-state index is -0.0616. The molecule has 1 aromatic carbocycles. The van der Waals surface area contributed by atoms with Crippen LogP contribution >= 0.6 is 12.4 Å². The van der Waals surface area contributed by atoms with E-state index in [1.807, 2.05) is 53.2 Å². The van der Waals surface area contributed by atoms with Gasteiger partial charge in [-0.1, -0.05) is 42.8 Å². The summed E-state index contributed by atoms with van der Waals surface area (Å²) in [6.45, 7) is 3.69. The van der Waals surface area contributed by atoms with Gasteiger partial charge < -0.3 is 4.90 Å². The molecular weight excluding hydrogens is 410 g/mol. The number of fused-ring (bicyclic) bond motifs is 1. The van der Waals surface area contributed by atoms with Crippen LogP contribution in [0.2, 0.25) is 0 Å². The van der Waals surface area contributed by atoms with Crippen LogP contribution in [0.3, 0.4) is 0 Å². The first-order valence-electron chi connectivity index (χ1n) is 10.6. The normalized spacial score (nSPS) is 14.5. The fourth-order valence-electron chi connectivity index (χ4n) is 4.21. The van der Waals surface area contributed by atoms with Crippen molar-refractivity contribution in [2.75, 3.05) is 19.6 Å². The van der Waals surface area contributed by atoms with Crippen molar-refractivity contribution in [1.82, 2.24) is 24.3 Å². The van der Waals surface area contributed by atoms with Crippen LogP contribution in [0.5, 0.6) is 0 Å². The maximum Gasteiger partial charge on any atom is 0.266 e. The fraction of sp³-hybridized carbons (Fsp3) is 0.292. The largest absolute Gasteiger partial charge is 0.301 e. The maximum atomic E-state index is 12.5. The summed E-state index contributed by atoms with van der Waals surface area (Å²) in [5, 5.41) is 9.57. The second kappa shape index (κ2) is 9.45. The Hall–Kier alpha value is -2.96. The number of hydrogen-bond acceptors (Lipinski definition) is 4. The Bertz CT molecular complexity index is 1210. The molecule has 0 radical (unpaired) electrons. The lowest BCUT2D eigenvalue weighted by atomic mass is 10.0. The average molecular weight is 436 g/mol. The summed E-state index contributed by atoms with van der Waals surface area (Å²) in [6, 6.07) is 19.6. The topological polar surface area (TPSA) is 55.4 Å². The average Bonchev–Trinajstić information content (AvgIpc) is 3.19. The monoisotopic (exact) mass is 435 g/mol. The molecule has 1 aliphatic heterocycles. The Morgan fingerprint density at radius 3 is 2.39 bits per heavy atom. The zero-order valence-corrected chi connectivity index (χ0v) is 18.2. The standard InChI is InChI=1S/C24H25N5O.ClH/c30-22-13-12-20(25-29(22)18-17-27-14-6-2-7-15-27)23-21-11-5-8-16-28(21)26-24(23)19-9-3-1-4-10-19;/h1,3-5,8-13,16H,2,6-7,14-15,17-18H2;1H. The molecule has 0 saturated carbocycles. The first-order valence-corrected chi connectivity index (χ1v) is 10.6. The molecule has 5 rings (SSSR count). The highest BCUT2D eigenvalue weighted by molar-refractivity contribution is 5.90. The van der Waals surface area contributed by atoms with Crippen LogP contribution in [0.1, 0.15) is 19.3 Å². The molecule has 1 fully saturated rings. The number of aromatic nitrogens is 4. The van der Waals surface area contributed by atoms with E-state index in [-0.39, 0.29) is 18.0 Å². The van der Waals surface area contributed by atoms with Gasteiger partial charge in [0.1, 0.15) is 5.69 Å². The Kier molecular flexibility index (Phi) is 6.49. The van der Waals surface area contributed by atoms with E-state index in [0.717, 1.165) is 47.7 Å². The quantitative estimate of drug-likeness (QED) is 0.473. The van der Waals surface area contributed by atoms with Crippen LogP contribution in [0.25, 0.3) is 28.0 Å². The lowest BCUT2D eigenvalue weighted by Gasteiger charge is -2.26. The zero-order chi connectivity index (χ0) is 20.3. The molecule has 0 atom stereocenters. The van der Waals surface area contributed by atoms with Gasteiger partial charge in [0.2, 0.25) is 0 Å². The van der Waals surface area contributed by atoms with E-state index in [9.17, 15) is 4.79 Å². The van der Waals surface area contributed by atoms with Gasteiger partial charge in [0.15, 0.2) is 0 Å². The van der Waals surface area contributed by atoms with Crippen LogP contribution < -0.4 is 5.56 Å². The summed E-state index contributed by atoms with van der Waals surface area (Å²) in [5.74, 6) is 0. The number of nitrogens with zero attached hydrogens (tertiary/aromatic N) is 5. The van der Waals surface area contributed by atoms with Crippen molar-refractivity contribution in [3.8, 4) is 22.5 Å². The minimum absolute atomic E-state index is 0. The Balaban J connectivity index is 0.00000231. The van der Waals surface area contributed by atoms with Crippen molar-refractivity contribution in [2.45, 2.75) is 25.8 Å². The van der Waals surface area contributed by atoms with Crippen molar-refractivity contribution in [2.24, 2.45) is 0 Å². The molecular formula is C24H26ClN5O. The van der Waals surface area contributed by atoms with Gasteiger partial charge in [-0.05, 0) is 44.1 Å². The molecule has 4 aromatic rings. The zero-order valence-electron chi connectivity index (χ0n) is 17.4. The summed E-state index contributed by atoms with van der Waals surface area (Å²) < 4.78 is 3.48. The molecule has 160 valence electrons. The smallest absolute Gasteiger partial charge is 0.266 e. The highest BCUT2D eigenvalue weighted by atomic mass is 35.5. The van der Waals surface area contributed by atoms with Crippen molar-refractivity contribution >= 4 is 17.9 Å². The van der Waals surface area contributed by atoms with Gasteiger partial charge >= 0.3 is 0 Å². The second-order valence-corrected chi connectivity index (χ2v) is 7.80. The van der Waals surface area contributed by atoms with Gasteiger partial charge in [-0.3, -0.25) is 4.79 Å². The van der Waals surface area contributed by atoms with Crippen molar-refractivity contribution < 1.29 is 0 Å². The number of pyridine rings is 1. The highest BCUT2D eigenvalue weighted by Crippen LogP contribution is 2.33. The van der Waals surface area contributed by atoms with Crippen LogP contribution in [-0.4, -0.2) is 43.9 Å². The Morgan fingerprint density at radius 2 is 1.58 bits per heavy atom. The number of hydrogen-bond donors (Lipinski definition) is 0. The molecule has 0 spiro atoms. The number of likely N-dealkylation sites (tertiary alicyclic amines) is 1. The summed E-state index contributed by atoms with van der Waals surface area (Å²) >= 11 is 0. The first-order chi connectivity index (χ1) is 14.8. The maximum absolute atomic E-state index is 12.5. The second-order valence-electron chi connectivity index (χ2n) is 7.80. The van der Waals surface area contributed by atoms with Gasteiger partial charge in [0, 0.05) is 24.4 Å². The van der Waals surface area contributed by atoms with Crippen LogP contribution in [0.4, 0.5) is 0 Å². The molecule has 31 heavy (non-hydrogen) atoms. The summed E-state index contributed by atoms with van der Waals surface area (Å²) in [5.41, 5.74) is 4.54. The molecule has 4 heterocycles. The van der Waals surface area contributed by atoms with Crippen LogP contribution in [0, 0.1) is 0 Å². The van der Waals surface area contributed by atoms with Gasteiger partial charge in [-0.2, -0.15) is 10.2 Å². The van der Waals surface area contributed by atoms with Crippen molar-refractivity contribution in [3.63, 3.8) is 0 Å². The van der Waals surface area contributed by atoms with Crippen LogP contribution in [-0.2, 0) is 6.54 Å². The molecule has 0 amide bonds. The molecule has 3 aromatic heterocycles. The number of halogens is 1. The van der Waals surface area contributed by atoms with E-state index >= 15 is 0 Å². The number of rotatable bonds is 5. The molecule has 0 aliphatic carbocycles. The Morgan fingerprint density at radius 1 is 0.806 bits per heavy atom. The predicted molar refractivity (Wildman–Crippen MR) is 126 cm³/mol. The lowest BCUT2D eigenvalue weighted by molar-refractivity contribution is 0.216. The third kappa shape index (κ3) is 4.40. The van der Waals surface area contributed by atoms with Gasteiger partial charge in [-0.15, -0.1) is 12.4 Å². The summed E-state index contributed by atoms with van der Waals surface area (Å²) in [7, 11) is 0. The lowest BCUT2D eigenvalue weighted by Crippen LogP contribution is -2.35. The van der Waals surface area contributed by atoms with Gasteiger partial charge in [0.05, 0.1) is 23.3 Å². The molecule has 1 aliphatic rings. The SMILES string of the molecule is Cl.O=c1ccc(-c2c(-c3ccccc3)nn3ccccc23)nn1CCN1CCCCC1. The molecule has 0 unspecified atom stereocenters. The highest BCUT2D eigenvalue weighted by Gasteiger charge is 2.18. The molecule has 0 bridgehead atoms. The summed E-state index contributed by atoms with van der Waals surface area (Å²) in [6.07, 6.45) is 5.73. The van der Waals surface area contributed by atoms with E-state index in [0.29, 0.717) is 6.54 Å². The van der Waals surface area contributed by atoms with E-state index in [2.05, 4.69) is 17.0 Å². The van der Waals surface area contributed by atoms with Gasteiger partial charge in [-0.25, -0.2) is 9.20 Å². The molecule has 6 nitrogen and oxygen atoms in total. The van der Waals surface area contributed by atoms with Crippen molar-refractivity contribution in [3.05, 3.63) is 77.2 Å². The Labute approximate surface area is 187 Å². The minimum Gasteiger partial charge on any atom is -0.301 e. The van der Waals surface area contributed by atoms with E-state index < -0.39 is 0 Å². The van der Waals surface area contributed by atoms with Gasteiger partial charge in [0.25, 0.3) is 5.56 Å². The fourth-order valence-corrected chi connectivity index (χ4v) is 4.21. The summed E-state index contributed by atoms with van der Waals surface area (Å²) in [4.78, 5) is 14.9. The van der Waals surface area contributed by atoms with E-state index in [1.165, 1.54) is 19.3 Å². The van der Waals surface area contributed by atoms with E-state index in [4.69, 9.17) is 10.2 Å². The number of benzene rings is 1. The third-order valence-electron chi connectivity index (χ3n) is 5.79. The van der Waals surface area contributed by atoms with Crippen molar-refractivity contribution in [1.29, 1.82) is 0 Å². The van der Waals surface area contributed by atoms with Crippen LogP contribution in [0.15, 0.2) is 71.7 Å².